The molecule has 0 aliphatic carbocycles. The Morgan fingerprint density at radius 3 is 2.52 bits per heavy atom. The number of aryl methyl sites for hydroxylation is 1. The molecule has 2 aromatic carbocycles. The molecule has 0 heterocycles. The lowest BCUT2D eigenvalue weighted by atomic mass is 9.96. The van der Waals surface area contributed by atoms with Gasteiger partial charge in [-0.15, -0.1) is 0 Å². The number of ether oxygens (including phenoxy) is 1. The van der Waals surface area contributed by atoms with Gasteiger partial charge in [-0.25, -0.2) is 8.78 Å². The van der Waals surface area contributed by atoms with Gasteiger partial charge in [0, 0.05) is 17.2 Å². The van der Waals surface area contributed by atoms with Gasteiger partial charge in [0.05, 0.1) is 7.11 Å². The van der Waals surface area contributed by atoms with Crippen LogP contribution in [0.1, 0.15) is 40.9 Å². The first kappa shape index (κ1) is 20.4. The summed E-state index contributed by atoms with van der Waals surface area (Å²) in [5, 5.41) is 10.7. The Morgan fingerprint density at radius 1 is 1.22 bits per heavy atom. The number of hydrogen-bond acceptors (Lipinski definition) is 3. The van der Waals surface area contributed by atoms with Crippen LogP contribution in [0, 0.1) is 18.6 Å². The molecule has 0 saturated heterocycles. The second-order valence-electron chi connectivity index (χ2n) is 6.45. The van der Waals surface area contributed by atoms with Crippen LogP contribution in [0.2, 0.25) is 0 Å². The monoisotopic (exact) mass is 372 g/mol. The summed E-state index contributed by atoms with van der Waals surface area (Å²) in [7, 11) is 1.41. The Morgan fingerprint density at radius 2 is 1.93 bits per heavy atom. The number of ketones is 1. The first-order valence-electron chi connectivity index (χ1n) is 8.44. The number of halogens is 2. The molecule has 2 rings (SSSR count). The number of phenolic OH excluding ortho intramolecular Hbond substituents is 1. The minimum absolute atomic E-state index is 0.0130. The summed E-state index contributed by atoms with van der Waals surface area (Å²) in [6.07, 6.45) is 4.80. The summed E-state index contributed by atoms with van der Waals surface area (Å²) >= 11 is 0. The van der Waals surface area contributed by atoms with Crippen molar-refractivity contribution in [2.45, 2.75) is 27.2 Å². The predicted octanol–water partition coefficient (Wildman–Crippen LogP) is 5.39. The fourth-order valence-electron chi connectivity index (χ4n) is 2.66. The summed E-state index contributed by atoms with van der Waals surface area (Å²) in [4.78, 5) is 12.7. The molecule has 0 aliphatic rings. The van der Waals surface area contributed by atoms with E-state index >= 15 is 0 Å². The quantitative estimate of drug-likeness (QED) is 0.420. The highest BCUT2D eigenvalue weighted by Gasteiger charge is 2.20. The molecular formula is C22H22F2O3. The predicted molar refractivity (Wildman–Crippen MR) is 102 cm³/mol. The minimum atomic E-state index is -0.775. The van der Waals surface area contributed by atoms with E-state index in [4.69, 9.17) is 4.74 Å². The molecule has 2 aromatic rings. The van der Waals surface area contributed by atoms with Crippen molar-refractivity contribution in [3.8, 4) is 11.5 Å². The first-order chi connectivity index (χ1) is 12.7. The summed E-state index contributed by atoms with van der Waals surface area (Å²) in [5.41, 5.74) is 2.59. The van der Waals surface area contributed by atoms with Gasteiger partial charge < -0.3 is 9.84 Å². The maximum absolute atomic E-state index is 13.7. The van der Waals surface area contributed by atoms with Gasteiger partial charge in [-0.05, 0) is 63.1 Å². The third-order valence-corrected chi connectivity index (χ3v) is 4.15. The van der Waals surface area contributed by atoms with Gasteiger partial charge in [0.1, 0.15) is 28.7 Å². The normalized spacial score (nSPS) is 10.9. The molecule has 1 N–H and O–H groups in total. The molecular weight excluding hydrogens is 350 g/mol. The Balaban J connectivity index is 2.46. The lowest BCUT2D eigenvalue weighted by molar-refractivity contribution is 0.104. The number of carbonyl (C=O) groups excluding carboxylic acids is 1. The van der Waals surface area contributed by atoms with E-state index in [1.807, 2.05) is 26.8 Å². The number of allylic oxidation sites excluding steroid dienone is 3. The summed E-state index contributed by atoms with van der Waals surface area (Å²) in [6.45, 7) is 5.72. The van der Waals surface area contributed by atoms with Crippen molar-refractivity contribution in [3.63, 3.8) is 0 Å². The number of aromatic hydroxyl groups is 1. The third-order valence-electron chi connectivity index (χ3n) is 4.15. The van der Waals surface area contributed by atoms with E-state index in [-0.39, 0.29) is 22.6 Å². The SMILES string of the molecule is COc1cc(C)c(CC=C(C)C)c(O)c1C(=O)/C=C/c1ccc(F)cc1F. The van der Waals surface area contributed by atoms with Crippen LogP contribution in [0.3, 0.4) is 0 Å². The molecule has 27 heavy (non-hydrogen) atoms. The third kappa shape index (κ3) is 4.82. The van der Waals surface area contributed by atoms with Gasteiger partial charge in [0.25, 0.3) is 0 Å². The zero-order chi connectivity index (χ0) is 20.1. The van der Waals surface area contributed by atoms with Crippen molar-refractivity contribution in [2.24, 2.45) is 0 Å². The van der Waals surface area contributed by atoms with Gasteiger partial charge in [-0.3, -0.25) is 4.79 Å². The molecule has 3 nitrogen and oxygen atoms in total. The van der Waals surface area contributed by atoms with Gasteiger partial charge in [-0.1, -0.05) is 11.6 Å². The highest BCUT2D eigenvalue weighted by atomic mass is 19.1. The van der Waals surface area contributed by atoms with Crippen LogP contribution in [0.5, 0.6) is 11.5 Å². The number of hydrogen-bond donors (Lipinski definition) is 1. The van der Waals surface area contributed by atoms with Crippen LogP contribution in [0.4, 0.5) is 8.78 Å². The van der Waals surface area contributed by atoms with Crippen LogP contribution in [-0.2, 0) is 6.42 Å². The lowest BCUT2D eigenvalue weighted by Gasteiger charge is -2.14. The standard InChI is InChI=1S/C22H22F2O3/c1-13(2)5-9-17-14(3)11-20(27-4)21(22(17)26)19(25)10-7-15-6-8-16(23)12-18(15)24/h5-8,10-12,26H,9H2,1-4H3/b10-7+. The van der Waals surface area contributed by atoms with Gasteiger partial charge in [0.2, 0.25) is 0 Å². The maximum Gasteiger partial charge on any atom is 0.193 e. The zero-order valence-electron chi connectivity index (χ0n) is 15.8. The Labute approximate surface area is 157 Å². The molecule has 0 atom stereocenters. The summed E-state index contributed by atoms with van der Waals surface area (Å²) in [6, 6.07) is 4.77. The molecule has 0 unspecified atom stereocenters. The molecule has 0 spiro atoms. The molecule has 0 aliphatic heterocycles. The van der Waals surface area contributed by atoms with Crippen molar-refractivity contribution in [1.82, 2.24) is 0 Å². The molecule has 0 aromatic heterocycles. The van der Waals surface area contributed by atoms with Crippen LogP contribution < -0.4 is 4.74 Å². The second-order valence-corrected chi connectivity index (χ2v) is 6.45. The Bertz CT molecular complexity index is 924. The lowest BCUT2D eigenvalue weighted by Crippen LogP contribution is -2.04. The molecule has 0 bridgehead atoms. The average Bonchev–Trinajstić information content (AvgIpc) is 2.59. The van der Waals surface area contributed by atoms with Gasteiger partial charge in [-0.2, -0.15) is 0 Å². The number of benzene rings is 2. The highest BCUT2D eigenvalue weighted by Crippen LogP contribution is 2.35. The molecule has 0 radical (unpaired) electrons. The Kier molecular flexibility index (Phi) is 6.50. The van der Waals surface area contributed by atoms with Crippen LogP contribution in [0.25, 0.3) is 6.08 Å². The molecule has 0 saturated carbocycles. The first-order valence-corrected chi connectivity index (χ1v) is 8.44. The van der Waals surface area contributed by atoms with Crippen LogP contribution in [-0.4, -0.2) is 18.0 Å². The summed E-state index contributed by atoms with van der Waals surface area (Å²) in [5.74, 6) is -1.92. The van der Waals surface area contributed by atoms with E-state index in [2.05, 4.69) is 0 Å². The van der Waals surface area contributed by atoms with Crippen LogP contribution in [0.15, 0.2) is 42.0 Å². The van der Waals surface area contributed by atoms with E-state index in [9.17, 15) is 18.7 Å². The van der Waals surface area contributed by atoms with E-state index in [1.165, 1.54) is 19.3 Å². The van der Waals surface area contributed by atoms with Crippen molar-refractivity contribution in [3.05, 3.63) is 75.9 Å². The van der Waals surface area contributed by atoms with Crippen molar-refractivity contribution >= 4 is 11.9 Å². The largest absolute Gasteiger partial charge is 0.507 e. The van der Waals surface area contributed by atoms with Crippen molar-refractivity contribution in [2.75, 3.05) is 7.11 Å². The van der Waals surface area contributed by atoms with Gasteiger partial charge in [0.15, 0.2) is 5.78 Å². The number of carbonyl (C=O) groups is 1. The maximum atomic E-state index is 13.7. The van der Waals surface area contributed by atoms with Crippen molar-refractivity contribution < 1.29 is 23.4 Å². The van der Waals surface area contributed by atoms with Crippen molar-refractivity contribution in [1.29, 1.82) is 0 Å². The Hall–Kier alpha value is -2.95. The van der Waals surface area contributed by atoms with Gasteiger partial charge >= 0.3 is 0 Å². The molecule has 142 valence electrons. The highest BCUT2D eigenvalue weighted by molar-refractivity contribution is 6.10. The van der Waals surface area contributed by atoms with E-state index in [0.717, 1.165) is 29.3 Å². The number of phenols is 1. The van der Waals surface area contributed by atoms with E-state index < -0.39 is 17.4 Å². The minimum Gasteiger partial charge on any atom is -0.507 e. The average molecular weight is 372 g/mol. The number of methoxy groups -OCH3 is 1. The molecule has 0 amide bonds. The van der Waals surface area contributed by atoms with E-state index in [0.29, 0.717) is 12.0 Å². The molecule has 0 fully saturated rings. The van der Waals surface area contributed by atoms with E-state index in [1.54, 1.807) is 6.07 Å². The smallest absolute Gasteiger partial charge is 0.193 e. The topological polar surface area (TPSA) is 46.5 Å². The summed E-state index contributed by atoms with van der Waals surface area (Å²) < 4.78 is 32.0. The number of rotatable bonds is 6. The fourth-order valence-corrected chi connectivity index (χ4v) is 2.66. The zero-order valence-corrected chi connectivity index (χ0v) is 15.8. The second kappa shape index (κ2) is 8.62. The van der Waals surface area contributed by atoms with Crippen LogP contribution >= 0.6 is 0 Å². The fraction of sp³-hybridized carbons (Fsp3) is 0.227. The molecule has 5 heteroatoms.